The van der Waals surface area contributed by atoms with E-state index in [2.05, 4.69) is 4.98 Å². The van der Waals surface area contributed by atoms with Crippen LogP contribution >= 0.6 is 11.3 Å². The van der Waals surface area contributed by atoms with Crippen LogP contribution in [0.15, 0.2) is 22.4 Å². The summed E-state index contributed by atoms with van der Waals surface area (Å²) in [6.45, 7) is 0.102. The molecule has 0 aliphatic carbocycles. The standard InChI is InChI=1S/C11H10N4O3S/c1-13-6-9(17)15(11(13)18)5-7-4-8(16)14-2-3-19-10(14)12-7/h2-4H,5-6H2,1H3. The van der Waals surface area contributed by atoms with E-state index in [-0.39, 0.29) is 30.6 Å². The van der Waals surface area contributed by atoms with Crippen molar-refractivity contribution < 1.29 is 9.59 Å². The fraction of sp³-hybridized carbons (Fsp3) is 0.273. The molecule has 2 aromatic rings. The molecular formula is C11H10N4O3S. The molecule has 1 fully saturated rings. The molecule has 8 heteroatoms. The number of aromatic nitrogens is 2. The minimum atomic E-state index is -0.363. The number of amides is 3. The fourth-order valence-electron chi connectivity index (χ4n) is 1.96. The third kappa shape index (κ3) is 1.89. The van der Waals surface area contributed by atoms with Crippen molar-refractivity contribution >= 4 is 28.2 Å². The number of urea groups is 1. The molecule has 3 rings (SSSR count). The van der Waals surface area contributed by atoms with Gasteiger partial charge in [0.2, 0.25) is 0 Å². The van der Waals surface area contributed by atoms with Gasteiger partial charge in [-0.15, -0.1) is 11.3 Å². The SMILES string of the molecule is CN1CC(=O)N(Cc2cc(=O)n3ccsc3n2)C1=O. The van der Waals surface area contributed by atoms with Crippen LogP contribution in [0, 0.1) is 0 Å². The lowest BCUT2D eigenvalue weighted by atomic mass is 10.3. The molecule has 98 valence electrons. The van der Waals surface area contributed by atoms with E-state index < -0.39 is 0 Å². The van der Waals surface area contributed by atoms with Crippen molar-refractivity contribution in [2.24, 2.45) is 0 Å². The first kappa shape index (κ1) is 11.8. The van der Waals surface area contributed by atoms with E-state index in [4.69, 9.17) is 0 Å². The minimum Gasteiger partial charge on any atom is -0.318 e. The molecule has 0 radical (unpaired) electrons. The molecule has 1 saturated heterocycles. The van der Waals surface area contributed by atoms with Gasteiger partial charge in [0.25, 0.3) is 11.5 Å². The van der Waals surface area contributed by atoms with Crippen LogP contribution in [0.25, 0.3) is 4.96 Å². The summed E-state index contributed by atoms with van der Waals surface area (Å²) in [4.78, 5) is 42.4. The van der Waals surface area contributed by atoms with E-state index >= 15 is 0 Å². The summed E-state index contributed by atoms with van der Waals surface area (Å²) >= 11 is 1.33. The van der Waals surface area contributed by atoms with Crippen molar-refractivity contribution in [1.29, 1.82) is 0 Å². The quantitative estimate of drug-likeness (QED) is 0.733. The summed E-state index contributed by atoms with van der Waals surface area (Å²) in [6, 6.07) is 0.983. The summed E-state index contributed by atoms with van der Waals surface area (Å²) in [6.07, 6.45) is 1.64. The Kier molecular flexibility index (Phi) is 2.59. The van der Waals surface area contributed by atoms with Gasteiger partial charge in [-0.2, -0.15) is 0 Å². The van der Waals surface area contributed by atoms with Crippen LogP contribution in [0.3, 0.4) is 0 Å². The highest BCUT2D eigenvalue weighted by Gasteiger charge is 2.33. The second-order valence-corrected chi connectivity index (χ2v) is 5.13. The van der Waals surface area contributed by atoms with Gasteiger partial charge in [0.05, 0.1) is 12.2 Å². The number of nitrogens with zero attached hydrogens (tertiary/aromatic N) is 4. The van der Waals surface area contributed by atoms with Gasteiger partial charge < -0.3 is 4.90 Å². The average Bonchev–Trinajstić information content (AvgIpc) is 2.91. The molecular weight excluding hydrogens is 268 g/mol. The van der Waals surface area contributed by atoms with Crippen molar-refractivity contribution in [1.82, 2.24) is 19.2 Å². The van der Waals surface area contributed by atoms with Crippen molar-refractivity contribution in [2.75, 3.05) is 13.6 Å². The molecule has 19 heavy (non-hydrogen) atoms. The van der Waals surface area contributed by atoms with Crippen LogP contribution in [0.4, 0.5) is 4.79 Å². The van der Waals surface area contributed by atoms with E-state index in [1.807, 2.05) is 0 Å². The number of imide groups is 1. The highest BCUT2D eigenvalue weighted by atomic mass is 32.1. The van der Waals surface area contributed by atoms with Crippen molar-refractivity contribution in [3.05, 3.63) is 33.7 Å². The lowest BCUT2D eigenvalue weighted by Gasteiger charge is -2.13. The lowest BCUT2D eigenvalue weighted by molar-refractivity contribution is -0.125. The van der Waals surface area contributed by atoms with Crippen molar-refractivity contribution in [3.8, 4) is 0 Å². The first-order chi connectivity index (χ1) is 9.06. The molecule has 3 amide bonds. The number of thiazole rings is 1. The molecule has 0 bridgehead atoms. The van der Waals surface area contributed by atoms with E-state index in [1.54, 1.807) is 18.6 Å². The monoisotopic (exact) mass is 278 g/mol. The molecule has 7 nitrogen and oxygen atoms in total. The lowest BCUT2D eigenvalue weighted by Crippen LogP contribution is -2.32. The van der Waals surface area contributed by atoms with Crippen LogP contribution in [-0.4, -0.2) is 44.7 Å². The van der Waals surface area contributed by atoms with Crippen LogP contribution in [0.5, 0.6) is 0 Å². The van der Waals surface area contributed by atoms with Gasteiger partial charge in [0.15, 0.2) is 4.96 Å². The van der Waals surface area contributed by atoms with Gasteiger partial charge in [-0.1, -0.05) is 0 Å². The highest BCUT2D eigenvalue weighted by molar-refractivity contribution is 7.15. The normalized spacial score (nSPS) is 15.8. The van der Waals surface area contributed by atoms with Crippen LogP contribution in [-0.2, 0) is 11.3 Å². The molecule has 3 heterocycles. The van der Waals surface area contributed by atoms with Crippen molar-refractivity contribution in [2.45, 2.75) is 6.54 Å². The van der Waals surface area contributed by atoms with Crippen LogP contribution in [0.2, 0.25) is 0 Å². The zero-order valence-electron chi connectivity index (χ0n) is 10.1. The Bertz CT molecular complexity index is 735. The number of rotatable bonds is 2. The molecule has 0 unspecified atom stereocenters. The number of likely N-dealkylation sites (N-methyl/N-ethyl adjacent to an activating group) is 1. The largest absolute Gasteiger partial charge is 0.327 e. The molecule has 0 spiro atoms. The molecule has 0 saturated carbocycles. The Morgan fingerprint density at radius 3 is 2.84 bits per heavy atom. The molecule has 0 aromatic carbocycles. The first-order valence-corrected chi connectivity index (χ1v) is 6.45. The van der Waals surface area contributed by atoms with Crippen LogP contribution < -0.4 is 5.56 Å². The van der Waals surface area contributed by atoms with Gasteiger partial charge in [-0.3, -0.25) is 18.9 Å². The maximum absolute atomic E-state index is 11.8. The number of carbonyl (C=O) groups excluding carboxylic acids is 2. The van der Waals surface area contributed by atoms with Gasteiger partial charge in [0.1, 0.15) is 6.54 Å². The minimum absolute atomic E-state index is 0.0334. The van der Waals surface area contributed by atoms with Gasteiger partial charge in [0, 0.05) is 24.7 Å². The Morgan fingerprint density at radius 2 is 2.16 bits per heavy atom. The first-order valence-electron chi connectivity index (χ1n) is 5.57. The van der Waals surface area contributed by atoms with E-state index in [0.29, 0.717) is 10.7 Å². The number of hydrogen-bond donors (Lipinski definition) is 0. The Hall–Kier alpha value is -2.22. The van der Waals surface area contributed by atoms with Crippen LogP contribution in [0.1, 0.15) is 5.69 Å². The third-order valence-electron chi connectivity index (χ3n) is 2.91. The predicted octanol–water partition coefficient (Wildman–Crippen LogP) is 0.150. The maximum atomic E-state index is 11.8. The van der Waals surface area contributed by atoms with Gasteiger partial charge in [-0.05, 0) is 0 Å². The number of hydrogen-bond acceptors (Lipinski definition) is 5. The summed E-state index contributed by atoms with van der Waals surface area (Å²) in [5.41, 5.74) is 0.207. The fourth-order valence-corrected chi connectivity index (χ4v) is 2.69. The summed E-state index contributed by atoms with van der Waals surface area (Å²) < 4.78 is 1.42. The van der Waals surface area contributed by atoms with Crippen molar-refractivity contribution in [3.63, 3.8) is 0 Å². The molecule has 2 aromatic heterocycles. The zero-order chi connectivity index (χ0) is 13.6. The van der Waals surface area contributed by atoms with E-state index in [0.717, 1.165) is 4.90 Å². The highest BCUT2D eigenvalue weighted by Crippen LogP contribution is 2.13. The molecule has 1 aliphatic rings. The summed E-state index contributed by atoms with van der Waals surface area (Å²) in [5, 5.41) is 1.76. The molecule has 0 atom stereocenters. The number of carbonyl (C=O) groups is 2. The zero-order valence-corrected chi connectivity index (χ0v) is 10.9. The Labute approximate surface area is 111 Å². The molecule has 0 N–H and O–H groups in total. The predicted molar refractivity (Wildman–Crippen MR) is 67.9 cm³/mol. The van der Waals surface area contributed by atoms with Gasteiger partial charge >= 0.3 is 6.03 Å². The summed E-state index contributed by atoms with van der Waals surface area (Å²) in [7, 11) is 1.56. The third-order valence-corrected chi connectivity index (χ3v) is 3.66. The maximum Gasteiger partial charge on any atom is 0.327 e. The molecule has 1 aliphatic heterocycles. The smallest absolute Gasteiger partial charge is 0.318 e. The summed E-state index contributed by atoms with van der Waals surface area (Å²) in [5.74, 6) is -0.277. The number of fused-ring (bicyclic) bond motifs is 1. The second-order valence-electron chi connectivity index (χ2n) is 4.26. The van der Waals surface area contributed by atoms with E-state index in [1.165, 1.54) is 26.7 Å². The Balaban J connectivity index is 1.95. The average molecular weight is 278 g/mol. The van der Waals surface area contributed by atoms with E-state index in [9.17, 15) is 14.4 Å². The Morgan fingerprint density at radius 1 is 1.37 bits per heavy atom. The second kappa shape index (κ2) is 4.16. The topological polar surface area (TPSA) is 75.0 Å². The van der Waals surface area contributed by atoms with Gasteiger partial charge in [-0.25, -0.2) is 9.78 Å².